The maximum absolute atomic E-state index is 14.1. The molecule has 0 aromatic heterocycles. The Morgan fingerprint density at radius 1 is 1.58 bits per heavy atom. The van der Waals surface area contributed by atoms with Gasteiger partial charge in [0.15, 0.2) is 17.9 Å². The lowest BCUT2D eigenvalue weighted by molar-refractivity contribution is -0.106. The van der Waals surface area contributed by atoms with Gasteiger partial charge in [0.1, 0.15) is 11.8 Å². The molecule has 1 atom stereocenters. The summed E-state index contributed by atoms with van der Waals surface area (Å²) in [7, 11) is 0. The van der Waals surface area contributed by atoms with E-state index in [1.54, 1.807) is 6.07 Å². The molecule has 2 N–H and O–H groups in total. The molecule has 0 heterocycles. The summed E-state index contributed by atoms with van der Waals surface area (Å²) in [5.41, 5.74) is -0.488. The highest BCUT2D eigenvalue weighted by molar-refractivity contribution is 14.2. The van der Waals surface area contributed by atoms with Crippen LogP contribution in [-0.4, -0.2) is 12.0 Å². The lowest BCUT2D eigenvalue weighted by Crippen LogP contribution is -2.03. The fraction of sp³-hybridized carbons (Fsp3) is 0. The number of rotatable bonds is 5. The zero-order valence-corrected chi connectivity index (χ0v) is 12.5. The number of carbonyl (C=O) groups excluding carboxylic acids is 1. The molecule has 1 aromatic rings. The first kappa shape index (κ1) is 15.7. The predicted molar refractivity (Wildman–Crippen MR) is 79.9 cm³/mol. The number of halogens is 3. The quantitative estimate of drug-likeness (QED) is 0.264. The van der Waals surface area contributed by atoms with Crippen LogP contribution >= 0.6 is 28.4 Å². The van der Waals surface area contributed by atoms with E-state index in [0.717, 1.165) is 6.08 Å². The number of carbonyl (C=O) groups is 1. The molecule has 0 bridgehead atoms. The first-order valence-corrected chi connectivity index (χ1v) is 8.92. The Labute approximate surface area is 122 Å². The fourth-order valence-electron chi connectivity index (χ4n) is 1.32. The minimum Gasteiger partial charge on any atom is -0.356 e. The molecular formula is C11H7F2IN3OP. The molecule has 0 radical (unpaired) electrons. The predicted octanol–water partition coefficient (Wildman–Crippen LogP) is 3.58. The van der Waals surface area contributed by atoms with Gasteiger partial charge in [-0.05, 0) is 34.2 Å². The Hall–Kier alpha value is -1.39. The van der Waals surface area contributed by atoms with E-state index >= 15 is 0 Å². The second-order valence-electron chi connectivity index (χ2n) is 3.24. The van der Waals surface area contributed by atoms with E-state index in [0.29, 0.717) is 0 Å². The van der Waals surface area contributed by atoms with Crippen molar-refractivity contribution in [2.24, 2.45) is 0 Å². The van der Waals surface area contributed by atoms with Crippen molar-refractivity contribution in [3.05, 3.63) is 34.9 Å². The van der Waals surface area contributed by atoms with Crippen molar-refractivity contribution >= 4 is 52.2 Å². The summed E-state index contributed by atoms with van der Waals surface area (Å²) in [6, 6.07) is 4.15. The first-order valence-electron chi connectivity index (χ1n) is 4.80. The van der Waals surface area contributed by atoms with Gasteiger partial charge >= 0.3 is 0 Å². The maximum atomic E-state index is 14.1. The van der Waals surface area contributed by atoms with Gasteiger partial charge in [0.05, 0.1) is 5.69 Å². The molecule has 98 valence electrons. The summed E-state index contributed by atoms with van der Waals surface area (Å²) in [4.78, 5) is 10.2. The highest BCUT2D eigenvalue weighted by Crippen LogP contribution is 2.32. The molecule has 0 spiro atoms. The van der Waals surface area contributed by atoms with Gasteiger partial charge in [-0.15, -0.1) is 0 Å². The molecule has 19 heavy (non-hydrogen) atoms. The van der Waals surface area contributed by atoms with Crippen LogP contribution in [-0.2, 0) is 4.79 Å². The van der Waals surface area contributed by atoms with Crippen LogP contribution in [0.5, 0.6) is 0 Å². The molecule has 0 aliphatic carbocycles. The van der Waals surface area contributed by atoms with Crippen LogP contribution in [0.15, 0.2) is 18.0 Å². The van der Waals surface area contributed by atoms with E-state index in [4.69, 9.17) is 10.7 Å². The van der Waals surface area contributed by atoms with Gasteiger partial charge in [0.2, 0.25) is 0 Å². The van der Waals surface area contributed by atoms with Gasteiger partial charge < -0.3 is 5.09 Å². The summed E-state index contributed by atoms with van der Waals surface area (Å²) < 4.78 is 27.0. The molecule has 1 rings (SSSR count). The monoisotopic (exact) mass is 393 g/mol. The van der Waals surface area contributed by atoms with Crippen molar-refractivity contribution in [1.82, 2.24) is 0 Å². The Morgan fingerprint density at radius 3 is 2.79 bits per heavy atom. The largest absolute Gasteiger partial charge is 0.356 e. The number of nitrogens with one attached hydrogen (secondary N) is 2. The molecule has 0 aliphatic heterocycles. The van der Waals surface area contributed by atoms with Crippen molar-refractivity contribution in [2.45, 2.75) is 0 Å². The standard InChI is InChI=1S/C11H7F2IN3OP/c12-7(5-18)3-6-1-2-8(9(16)4-15)11(10(6)13)17-19-14/h1-3,5,16-17,19H/b7-3-,16-9?. The molecule has 4 nitrogen and oxygen atoms in total. The van der Waals surface area contributed by atoms with Crippen molar-refractivity contribution in [3.8, 4) is 6.07 Å². The number of nitriles is 1. The second-order valence-corrected chi connectivity index (χ2v) is 5.30. The summed E-state index contributed by atoms with van der Waals surface area (Å²) in [6.07, 6.45) is 0.828. The number of anilines is 1. The molecule has 0 saturated carbocycles. The second kappa shape index (κ2) is 7.26. The molecule has 0 saturated heterocycles. The zero-order valence-electron chi connectivity index (χ0n) is 9.30. The van der Waals surface area contributed by atoms with Gasteiger partial charge in [-0.1, -0.05) is 6.07 Å². The summed E-state index contributed by atoms with van der Waals surface area (Å²) >= 11 is 1.96. The lowest BCUT2D eigenvalue weighted by Gasteiger charge is -2.11. The van der Waals surface area contributed by atoms with Crippen molar-refractivity contribution in [2.75, 3.05) is 5.09 Å². The first-order chi connectivity index (χ1) is 9.04. The van der Waals surface area contributed by atoms with Crippen molar-refractivity contribution < 1.29 is 13.6 Å². The SMILES string of the molecule is N#CC(=N)c1ccc(/C=C(\F)C=O)c(F)c1NPI. The Morgan fingerprint density at radius 2 is 2.26 bits per heavy atom. The van der Waals surface area contributed by atoms with E-state index in [1.165, 1.54) is 12.1 Å². The van der Waals surface area contributed by atoms with E-state index < -0.39 is 17.4 Å². The lowest BCUT2D eigenvalue weighted by atomic mass is 10.0. The van der Waals surface area contributed by atoms with Gasteiger partial charge in [0.25, 0.3) is 0 Å². The minimum absolute atomic E-state index is 0.0299. The third kappa shape index (κ3) is 3.78. The molecule has 1 unspecified atom stereocenters. The van der Waals surface area contributed by atoms with E-state index in [1.807, 2.05) is 22.0 Å². The number of hydrogen-bond acceptors (Lipinski definition) is 4. The maximum Gasteiger partial charge on any atom is 0.178 e. The Kier molecular flexibility index (Phi) is 5.99. The van der Waals surface area contributed by atoms with E-state index in [-0.39, 0.29) is 29.5 Å². The summed E-state index contributed by atoms with van der Waals surface area (Å²) in [5.74, 6) is -1.91. The van der Waals surface area contributed by atoms with Crippen LogP contribution in [0.2, 0.25) is 0 Å². The third-order valence-electron chi connectivity index (χ3n) is 2.13. The van der Waals surface area contributed by atoms with Gasteiger partial charge in [-0.25, -0.2) is 8.78 Å². The van der Waals surface area contributed by atoms with Gasteiger partial charge in [-0.2, -0.15) is 5.26 Å². The average Bonchev–Trinajstić information content (AvgIpc) is 2.42. The van der Waals surface area contributed by atoms with Gasteiger partial charge in [-0.3, -0.25) is 10.2 Å². The highest BCUT2D eigenvalue weighted by Gasteiger charge is 2.15. The van der Waals surface area contributed by atoms with E-state index in [9.17, 15) is 13.6 Å². The van der Waals surface area contributed by atoms with Crippen LogP contribution in [0.25, 0.3) is 6.08 Å². The highest BCUT2D eigenvalue weighted by atomic mass is 127. The van der Waals surface area contributed by atoms with Crippen LogP contribution in [0.1, 0.15) is 11.1 Å². The van der Waals surface area contributed by atoms with Crippen LogP contribution < -0.4 is 5.09 Å². The third-order valence-corrected chi connectivity index (χ3v) is 3.28. The van der Waals surface area contributed by atoms with Crippen LogP contribution in [0, 0.1) is 22.6 Å². The molecular weight excluding hydrogens is 386 g/mol. The minimum atomic E-state index is -1.11. The van der Waals surface area contributed by atoms with Crippen molar-refractivity contribution in [1.29, 1.82) is 10.7 Å². The smallest absolute Gasteiger partial charge is 0.178 e. The topological polar surface area (TPSA) is 76.7 Å². The molecule has 0 fully saturated rings. The Balaban J connectivity index is 3.43. The normalized spacial score (nSPS) is 11.4. The fourth-order valence-corrected chi connectivity index (χ4v) is 2.47. The number of aldehydes is 1. The van der Waals surface area contributed by atoms with Crippen molar-refractivity contribution in [3.63, 3.8) is 0 Å². The molecule has 0 aliphatic rings. The molecule has 8 heteroatoms. The van der Waals surface area contributed by atoms with Crippen LogP contribution in [0.4, 0.5) is 14.5 Å². The number of hydrogen-bond donors (Lipinski definition) is 2. The molecule has 1 aromatic carbocycles. The number of benzene rings is 1. The summed E-state index contributed by atoms with van der Waals surface area (Å²) in [5, 5.41) is 18.8. The zero-order chi connectivity index (χ0) is 14.4. The van der Waals surface area contributed by atoms with Gasteiger partial charge in [0, 0.05) is 17.5 Å². The Bertz CT molecular complexity index is 598. The van der Waals surface area contributed by atoms with E-state index in [2.05, 4.69) is 5.09 Å². The number of nitrogens with zero attached hydrogens (tertiary/aromatic N) is 1. The number of allylic oxidation sites excluding steroid dienone is 1. The molecule has 0 amide bonds. The van der Waals surface area contributed by atoms with Crippen LogP contribution in [0.3, 0.4) is 0 Å². The summed E-state index contributed by atoms with van der Waals surface area (Å²) in [6.45, 7) is 0. The average molecular weight is 393 g/mol.